The zero-order chi connectivity index (χ0) is 11.4. The van der Waals surface area contributed by atoms with Crippen molar-refractivity contribution in [1.29, 1.82) is 0 Å². The van der Waals surface area contributed by atoms with E-state index in [4.69, 9.17) is 0 Å². The maximum Gasteiger partial charge on any atom is 0.136 e. The SMILES string of the molecule is C.CC(=O)C(C)c1ccc(CC(C)C)cc1. The molecule has 0 amide bonds. The lowest BCUT2D eigenvalue weighted by Crippen LogP contribution is -2.04. The Morgan fingerprint density at radius 3 is 2.00 bits per heavy atom. The Morgan fingerprint density at radius 1 is 1.12 bits per heavy atom. The largest absolute Gasteiger partial charge is 0.299 e. The van der Waals surface area contributed by atoms with Crippen molar-refractivity contribution in [3.05, 3.63) is 35.4 Å². The molecule has 1 aromatic carbocycles. The van der Waals surface area contributed by atoms with Gasteiger partial charge in [0.2, 0.25) is 0 Å². The van der Waals surface area contributed by atoms with Gasteiger partial charge >= 0.3 is 0 Å². The van der Waals surface area contributed by atoms with Gasteiger partial charge in [0.1, 0.15) is 5.78 Å². The maximum absolute atomic E-state index is 11.2. The van der Waals surface area contributed by atoms with Gasteiger partial charge in [0.25, 0.3) is 0 Å². The van der Waals surface area contributed by atoms with Crippen molar-refractivity contribution < 1.29 is 4.79 Å². The summed E-state index contributed by atoms with van der Waals surface area (Å²) in [5.74, 6) is 0.936. The predicted molar refractivity (Wildman–Crippen MR) is 70.8 cm³/mol. The maximum atomic E-state index is 11.2. The molecule has 1 heteroatoms. The third-order valence-electron chi connectivity index (χ3n) is 2.73. The lowest BCUT2D eigenvalue weighted by Gasteiger charge is -2.10. The third-order valence-corrected chi connectivity index (χ3v) is 2.73. The fraction of sp³-hybridized carbons (Fsp3) is 0.533. The van der Waals surface area contributed by atoms with E-state index in [-0.39, 0.29) is 19.1 Å². The van der Waals surface area contributed by atoms with E-state index in [1.807, 2.05) is 6.92 Å². The van der Waals surface area contributed by atoms with Gasteiger partial charge in [-0.3, -0.25) is 4.79 Å². The smallest absolute Gasteiger partial charge is 0.136 e. The molecule has 0 N–H and O–H groups in total. The first-order valence-corrected chi connectivity index (χ1v) is 5.60. The Labute approximate surface area is 99.9 Å². The van der Waals surface area contributed by atoms with E-state index >= 15 is 0 Å². The van der Waals surface area contributed by atoms with Crippen molar-refractivity contribution in [3.8, 4) is 0 Å². The van der Waals surface area contributed by atoms with Gasteiger partial charge in [-0.1, -0.05) is 52.5 Å². The minimum Gasteiger partial charge on any atom is -0.299 e. The van der Waals surface area contributed by atoms with Crippen LogP contribution in [-0.4, -0.2) is 5.78 Å². The van der Waals surface area contributed by atoms with Crippen LogP contribution in [0.5, 0.6) is 0 Å². The first-order valence-electron chi connectivity index (χ1n) is 5.60. The van der Waals surface area contributed by atoms with E-state index in [0.29, 0.717) is 5.92 Å². The molecule has 0 aliphatic rings. The molecule has 0 fully saturated rings. The quantitative estimate of drug-likeness (QED) is 0.742. The van der Waals surface area contributed by atoms with Gasteiger partial charge in [0, 0.05) is 5.92 Å². The van der Waals surface area contributed by atoms with Crippen LogP contribution in [0.1, 0.15) is 52.2 Å². The predicted octanol–water partition coefficient (Wildman–Crippen LogP) is 4.21. The highest BCUT2D eigenvalue weighted by atomic mass is 16.1. The van der Waals surface area contributed by atoms with Gasteiger partial charge in [0.05, 0.1) is 0 Å². The van der Waals surface area contributed by atoms with E-state index < -0.39 is 0 Å². The second-order valence-electron chi connectivity index (χ2n) is 4.67. The molecule has 1 atom stereocenters. The average Bonchev–Trinajstić information content (AvgIpc) is 2.17. The number of carbonyl (C=O) groups excluding carboxylic acids is 1. The fourth-order valence-electron chi connectivity index (χ4n) is 1.65. The first-order chi connectivity index (χ1) is 7.00. The highest BCUT2D eigenvalue weighted by Gasteiger charge is 2.09. The zero-order valence-corrected chi connectivity index (χ0v) is 10.1. The number of ketones is 1. The van der Waals surface area contributed by atoms with Crippen LogP contribution in [0.2, 0.25) is 0 Å². The highest BCUT2D eigenvalue weighted by molar-refractivity contribution is 5.82. The van der Waals surface area contributed by atoms with Crippen molar-refractivity contribution in [1.82, 2.24) is 0 Å². The first kappa shape index (κ1) is 14.9. The molecule has 1 unspecified atom stereocenters. The van der Waals surface area contributed by atoms with E-state index in [2.05, 4.69) is 38.1 Å². The molecule has 0 aromatic heterocycles. The Hall–Kier alpha value is -1.11. The third kappa shape index (κ3) is 4.18. The van der Waals surface area contributed by atoms with Gasteiger partial charge in [-0.2, -0.15) is 0 Å². The van der Waals surface area contributed by atoms with E-state index in [1.165, 1.54) is 5.56 Å². The molecule has 1 nitrogen and oxygen atoms in total. The lowest BCUT2D eigenvalue weighted by molar-refractivity contribution is -0.118. The Morgan fingerprint density at radius 2 is 1.62 bits per heavy atom. The lowest BCUT2D eigenvalue weighted by atomic mass is 9.95. The normalized spacial score (nSPS) is 12.1. The monoisotopic (exact) mass is 220 g/mol. The van der Waals surface area contributed by atoms with Crippen LogP contribution in [0.4, 0.5) is 0 Å². The van der Waals surface area contributed by atoms with Crippen LogP contribution >= 0.6 is 0 Å². The molecular weight excluding hydrogens is 196 g/mol. The summed E-state index contributed by atoms with van der Waals surface area (Å²) in [5.41, 5.74) is 2.47. The van der Waals surface area contributed by atoms with Crippen molar-refractivity contribution in [2.24, 2.45) is 5.92 Å². The summed E-state index contributed by atoms with van der Waals surface area (Å²) in [6.07, 6.45) is 1.11. The number of benzene rings is 1. The Kier molecular flexibility index (Phi) is 6.02. The van der Waals surface area contributed by atoms with Gasteiger partial charge in [-0.05, 0) is 30.4 Å². The van der Waals surface area contributed by atoms with Crippen LogP contribution < -0.4 is 0 Å². The summed E-state index contributed by atoms with van der Waals surface area (Å²) in [6, 6.07) is 8.41. The fourth-order valence-corrected chi connectivity index (χ4v) is 1.65. The number of Topliss-reactive ketones (excluding diaryl/α,β-unsaturated/α-hetero) is 1. The molecule has 0 saturated heterocycles. The van der Waals surface area contributed by atoms with Crippen LogP contribution in [0, 0.1) is 5.92 Å². The molecule has 0 heterocycles. The Balaban J connectivity index is 0.00000225. The van der Waals surface area contributed by atoms with Crippen molar-refractivity contribution in [2.45, 2.75) is 47.5 Å². The minimum atomic E-state index is 0. The van der Waals surface area contributed by atoms with Gasteiger partial charge in [-0.15, -0.1) is 0 Å². The van der Waals surface area contributed by atoms with E-state index in [9.17, 15) is 4.79 Å². The molecule has 0 spiro atoms. The van der Waals surface area contributed by atoms with E-state index in [0.717, 1.165) is 12.0 Å². The number of hydrogen-bond donors (Lipinski definition) is 0. The molecule has 0 radical (unpaired) electrons. The number of rotatable bonds is 4. The van der Waals surface area contributed by atoms with Gasteiger partial charge in [0.15, 0.2) is 0 Å². The summed E-state index contributed by atoms with van der Waals surface area (Å²) in [4.78, 5) is 11.2. The Bertz CT molecular complexity index is 322. The summed E-state index contributed by atoms with van der Waals surface area (Å²) in [7, 11) is 0. The topological polar surface area (TPSA) is 17.1 Å². The second-order valence-corrected chi connectivity index (χ2v) is 4.67. The molecule has 1 aromatic rings. The van der Waals surface area contributed by atoms with Crippen LogP contribution in [-0.2, 0) is 11.2 Å². The summed E-state index contributed by atoms with van der Waals surface area (Å²) < 4.78 is 0. The number of carbonyl (C=O) groups is 1. The molecule has 0 saturated carbocycles. The van der Waals surface area contributed by atoms with Gasteiger partial charge in [-0.25, -0.2) is 0 Å². The molecule has 0 aliphatic heterocycles. The molecule has 0 bridgehead atoms. The van der Waals surface area contributed by atoms with Crippen molar-refractivity contribution in [2.75, 3.05) is 0 Å². The highest BCUT2D eigenvalue weighted by Crippen LogP contribution is 2.17. The summed E-state index contributed by atoms with van der Waals surface area (Å²) in [6.45, 7) is 8.03. The zero-order valence-electron chi connectivity index (χ0n) is 10.1. The minimum absolute atomic E-state index is 0. The summed E-state index contributed by atoms with van der Waals surface area (Å²) in [5, 5.41) is 0. The molecule has 1 rings (SSSR count). The van der Waals surface area contributed by atoms with Crippen molar-refractivity contribution >= 4 is 5.78 Å². The summed E-state index contributed by atoms with van der Waals surface area (Å²) >= 11 is 0. The average molecular weight is 220 g/mol. The van der Waals surface area contributed by atoms with Crippen LogP contribution in [0.25, 0.3) is 0 Å². The molecule has 16 heavy (non-hydrogen) atoms. The standard InChI is InChI=1S/C14H20O.CH4/c1-10(2)9-13-5-7-14(8-6-13)11(3)12(4)15;/h5-8,10-11H,9H2,1-4H3;1H4. The van der Waals surface area contributed by atoms with E-state index in [1.54, 1.807) is 6.92 Å². The molecule has 0 aliphatic carbocycles. The van der Waals surface area contributed by atoms with Gasteiger partial charge < -0.3 is 0 Å². The van der Waals surface area contributed by atoms with Crippen LogP contribution in [0.3, 0.4) is 0 Å². The van der Waals surface area contributed by atoms with Crippen molar-refractivity contribution in [3.63, 3.8) is 0 Å². The molecular formula is C15H24O. The number of hydrogen-bond acceptors (Lipinski definition) is 1. The van der Waals surface area contributed by atoms with Crippen LogP contribution in [0.15, 0.2) is 24.3 Å². The second kappa shape index (κ2) is 6.47. The molecule has 90 valence electrons.